The molecule has 91 heavy (non-hydrogen) atoms. The van der Waals surface area contributed by atoms with Crippen molar-refractivity contribution in [2.45, 2.75) is 157 Å². The van der Waals surface area contributed by atoms with Gasteiger partial charge in [0.25, 0.3) is 0 Å². The van der Waals surface area contributed by atoms with Gasteiger partial charge >= 0.3 is 0 Å². The first-order valence-corrected chi connectivity index (χ1v) is 33.3. The Balaban J connectivity index is 1.22. The summed E-state index contributed by atoms with van der Waals surface area (Å²) < 4.78 is 82.4. The standard InChI is InChI=1S/C78H106O13/c1-15-25-88-71-55-43-59-51-65(77(9,10)11)53-61-45-57-49-64(76(6,7)8)50-58(72(57)89-26-16-2)46-62-54-66(78(12,13)14)52-60(44-56(71)48-63(47-55)75(3,4)5)74(62)91-42-36-83-34-40-87-70-23-19-68(20-24-70)85-38-32-81-30-28-79-27-29-80-31-37-84-67-17-21-69(22-18-67)86-39-33-82-35-41-90-73(59)61/h17-24,47-54H,15-16,25-46H2,1-14H3. The maximum absolute atomic E-state index is 7.19. The van der Waals surface area contributed by atoms with Crippen molar-refractivity contribution in [3.05, 3.63) is 164 Å². The van der Waals surface area contributed by atoms with Gasteiger partial charge in [0.15, 0.2) is 0 Å². The van der Waals surface area contributed by atoms with Crippen LogP contribution in [0.3, 0.4) is 0 Å². The molecule has 5 aliphatic rings. The van der Waals surface area contributed by atoms with Gasteiger partial charge in [0.1, 0.15) is 85.6 Å². The number of rotatable bonds is 6. The van der Waals surface area contributed by atoms with E-state index in [0.29, 0.717) is 145 Å². The lowest BCUT2D eigenvalue weighted by molar-refractivity contribution is 0.00498. The molecule has 0 spiro atoms. The van der Waals surface area contributed by atoms with Crippen molar-refractivity contribution >= 4 is 0 Å². The quantitative estimate of drug-likeness (QED) is 0.157. The lowest BCUT2D eigenvalue weighted by Crippen LogP contribution is -2.19. The van der Waals surface area contributed by atoms with Crippen LogP contribution in [-0.4, -0.2) is 119 Å². The van der Waals surface area contributed by atoms with Crippen LogP contribution >= 0.6 is 0 Å². The van der Waals surface area contributed by atoms with E-state index >= 15 is 0 Å². The van der Waals surface area contributed by atoms with Crippen molar-refractivity contribution in [1.82, 2.24) is 0 Å². The molecule has 496 valence electrons. The van der Waals surface area contributed by atoms with Crippen molar-refractivity contribution in [2.24, 2.45) is 0 Å². The fraction of sp³-hybridized carbons (Fsp3) is 0.538. The van der Waals surface area contributed by atoms with E-state index in [0.717, 1.165) is 103 Å². The summed E-state index contributed by atoms with van der Waals surface area (Å²) in [6.07, 6.45) is 4.00. The molecule has 6 aromatic rings. The largest absolute Gasteiger partial charge is 0.493 e. The average Bonchev–Trinajstić information content (AvgIpc) is 0.849. The third-order valence-corrected chi connectivity index (χ3v) is 16.2. The molecule has 0 amide bonds. The Bertz CT molecular complexity index is 2900. The molecule has 0 saturated carbocycles. The van der Waals surface area contributed by atoms with Gasteiger partial charge in [-0.2, -0.15) is 0 Å². The molecule has 0 radical (unpaired) electrons. The van der Waals surface area contributed by atoms with Gasteiger partial charge in [-0.15, -0.1) is 0 Å². The number of ether oxygens (including phenoxy) is 13. The normalized spacial score (nSPS) is 16.3. The minimum absolute atomic E-state index is 0.185. The minimum Gasteiger partial charge on any atom is -0.493 e. The van der Waals surface area contributed by atoms with E-state index in [1.54, 1.807) is 0 Å². The monoisotopic (exact) mass is 1250 g/mol. The Morgan fingerprint density at radius 2 is 0.473 bits per heavy atom. The van der Waals surface area contributed by atoms with Gasteiger partial charge in [0, 0.05) is 25.7 Å². The SMILES string of the molecule is CCCOc1c2cc(C(C)(C)C)cc1Cc1cc(C(C)(C)C)cc3c1OCCOCCOc1ccc(cc1)OCCOCCOCCOCCOc1ccc(cc1)OCCOCCOc1c(cc(C(C)(C)C)cc1Cc1cc(C(C)(C)C)cc(c1OCCC)C3)C2. The lowest BCUT2D eigenvalue weighted by Gasteiger charge is -2.29. The summed E-state index contributed by atoms with van der Waals surface area (Å²) in [5.74, 6) is 6.48. The molecule has 4 heterocycles. The lowest BCUT2D eigenvalue weighted by atomic mass is 9.79. The molecular formula is C78H106O13. The molecule has 13 nitrogen and oxygen atoms in total. The van der Waals surface area contributed by atoms with E-state index in [9.17, 15) is 0 Å². The Kier molecular flexibility index (Phi) is 25.8. The summed E-state index contributed by atoms with van der Waals surface area (Å²) >= 11 is 0. The molecule has 11 rings (SSSR count). The number of hydrogen-bond acceptors (Lipinski definition) is 13. The first-order valence-electron chi connectivity index (χ1n) is 33.3. The van der Waals surface area contributed by atoms with E-state index in [2.05, 4.69) is 145 Å². The Labute approximate surface area is 545 Å². The molecule has 0 fully saturated rings. The second-order valence-electron chi connectivity index (χ2n) is 28.0. The zero-order valence-electron chi connectivity index (χ0n) is 57.5. The van der Waals surface area contributed by atoms with Crippen LogP contribution in [0.2, 0.25) is 0 Å². The summed E-state index contributed by atoms with van der Waals surface area (Å²) in [7, 11) is 0. The second kappa shape index (κ2) is 33.4. The summed E-state index contributed by atoms with van der Waals surface area (Å²) in [5, 5.41) is 0. The highest BCUT2D eigenvalue weighted by Crippen LogP contribution is 2.45. The molecule has 0 saturated heterocycles. The molecule has 0 unspecified atom stereocenters. The molecule has 4 aliphatic heterocycles. The molecule has 0 atom stereocenters. The summed E-state index contributed by atoms with van der Waals surface area (Å²) in [4.78, 5) is 0. The molecule has 0 N–H and O–H groups in total. The Morgan fingerprint density at radius 3 is 0.681 bits per heavy atom. The van der Waals surface area contributed by atoms with Crippen LogP contribution in [0.1, 0.15) is 177 Å². The number of fused-ring (bicyclic) bond motifs is 2. The van der Waals surface area contributed by atoms with Crippen molar-refractivity contribution in [2.75, 3.05) is 119 Å². The fourth-order valence-corrected chi connectivity index (χ4v) is 11.1. The maximum atomic E-state index is 7.19. The van der Waals surface area contributed by atoms with Gasteiger partial charge < -0.3 is 61.6 Å². The van der Waals surface area contributed by atoms with Crippen LogP contribution in [0, 0.1) is 0 Å². The summed E-state index contributed by atoms with van der Waals surface area (Å²) in [6, 6.07) is 34.3. The van der Waals surface area contributed by atoms with Crippen LogP contribution in [-0.2, 0) is 71.0 Å². The highest BCUT2D eigenvalue weighted by molar-refractivity contribution is 5.60. The molecule has 0 aromatic heterocycles. The van der Waals surface area contributed by atoms with Crippen LogP contribution in [0.15, 0.2) is 97.1 Å². The van der Waals surface area contributed by atoms with Crippen LogP contribution < -0.4 is 37.9 Å². The predicted octanol–water partition coefficient (Wildman–Crippen LogP) is 15.9. The van der Waals surface area contributed by atoms with Gasteiger partial charge in [0.05, 0.1) is 79.3 Å². The van der Waals surface area contributed by atoms with Crippen molar-refractivity contribution in [1.29, 1.82) is 0 Å². The average molecular weight is 1250 g/mol. The topological polar surface area (TPSA) is 120 Å². The van der Waals surface area contributed by atoms with Gasteiger partial charge in [0.2, 0.25) is 0 Å². The Hall–Kier alpha value is -6.48. The first-order chi connectivity index (χ1) is 43.6. The zero-order chi connectivity index (χ0) is 65.0. The minimum atomic E-state index is -0.186. The number of hydrogen-bond donors (Lipinski definition) is 0. The second-order valence-corrected chi connectivity index (χ2v) is 28.0. The molecule has 1 aliphatic carbocycles. The van der Waals surface area contributed by atoms with Crippen LogP contribution in [0.4, 0.5) is 0 Å². The van der Waals surface area contributed by atoms with Crippen LogP contribution in [0.25, 0.3) is 0 Å². The maximum Gasteiger partial charge on any atom is 0.126 e. The third kappa shape index (κ3) is 21.3. The highest BCUT2D eigenvalue weighted by atomic mass is 16.6. The van der Waals surface area contributed by atoms with E-state index in [1.807, 2.05) is 48.5 Å². The van der Waals surface area contributed by atoms with Crippen LogP contribution in [0.5, 0.6) is 46.0 Å². The first kappa shape index (κ1) is 70.4. The summed E-state index contributed by atoms with van der Waals surface area (Å²) in [6.45, 7) is 39.6. The van der Waals surface area contributed by atoms with E-state index in [1.165, 1.54) is 22.3 Å². The fourth-order valence-electron chi connectivity index (χ4n) is 11.1. The Morgan fingerprint density at radius 1 is 0.275 bits per heavy atom. The molecule has 6 aromatic carbocycles. The predicted molar refractivity (Wildman–Crippen MR) is 363 cm³/mol. The van der Waals surface area contributed by atoms with E-state index < -0.39 is 0 Å². The zero-order valence-corrected chi connectivity index (χ0v) is 57.5. The van der Waals surface area contributed by atoms with Gasteiger partial charge in [-0.1, -0.05) is 145 Å². The number of benzene rings is 6. The van der Waals surface area contributed by atoms with E-state index in [-0.39, 0.29) is 21.7 Å². The third-order valence-electron chi connectivity index (χ3n) is 16.2. The molecule has 13 heteroatoms. The smallest absolute Gasteiger partial charge is 0.126 e. The van der Waals surface area contributed by atoms with Gasteiger partial charge in [-0.3, -0.25) is 0 Å². The van der Waals surface area contributed by atoms with Gasteiger partial charge in [-0.05, 0) is 150 Å². The van der Waals surface area contributed by atoms with Crippen molar-refractivity contribution in [3.8, 4) is 46.0 Å². The van der Waals surface area contributed by atoms with E-state index in [4.69, 9.17) is 61.6 Å². The van der Waals surface area contributed by atoms with Crippen molar-refractivity contribution in [3.63, 3.8) is 0 Å². The van der Waals surface area contributed by atoms with Gasteiger partial charge in [-0.25, -0.2) is 0 Å². The van der Waals surface area contributed by atoms with Crippen molar-refractivity contribution < 1.29 is 61.6 Å². The molecule has 14 bridgehead atoms. The summed E-state index contributed by atoms with van der Waals surface area (Å²) in [5.41, 5.74) is 13.1. The highest BCUT2D eigenvalue weighted by Gasteiger charge is 2.30. The molecular weight excluding hydrogens is 1140 g/mol.